The Morgan fingerprint density at radius 2 is 2.06 bits per heavy atom. The van der Waals surface area contributed by atoms with Crippen LogP contribution in [0.1, 0.15) is 6.42 Å². The number of rotatable bonds is 2. The highest BCUT2D eigenvalue weighted by atomic mass is 35.5. The van der Waals surface area contributed by atoms with Gasteiger partial charge >= 0.3 is 0 Å². The van der Waals surface area contributed by atoms with Gasteiger partial charge in [-0.1, -0.05) is 12.1 Å². The van der Waals surface area contributed by atoms with Gasteiger partial charge in [-0.25, -0.2) is 0 Å². The summed E-state index contributed by atoms with van der Waals surface area (Å²) in [4.78, 5) is 13.7. The van der Waals surface area contributed by atoms with E-state index < -0.39 is 0 Å². The maximum absolute atomic E-state index is 11.9. The van der Waals surface area contributed by atoms with E-state index in [0.29, 0.717) is 13.0 Å². The number of methoxy groups -OCH3 is 1. The summed E-state index contributed by atoms with van der Waals surface area (Å²) in [6, 6.07) is 7.62. The highest BCUT2D eigenvalue weighted by Gasteiger charge is 2.20. The number of halogens is 1. The summed E-state index contributed by atoms with van der Waals surface area (Å²) >= 11 is 0. The molecule has 17 heavy (non-hydrogen) atoms. The van der Waals surface area contributed by atoms with Crippen LogP contribution in [0.2, 0.25) is 0 Å². The molecule has 1 aliphatic heterocycles. The molecule has 1 aromatic rings. The number of carbonyl (C=O) groups is 1. The van der Waals surface area contributed by atoms with Crippen molar-refractivity contribution in [1.29, 1.82) is 0 Å². The number of nitrogens with one attached hydrogen (secondary N) is 1. The van der Waals surface area contributed by atoms with Gasteiger partial charge in [-0.3, -0.25) is 4.79 Å². The number of ether oxygens (including phenoxy) is 1. The third kappa shape index (κ3) is 3.11. The first-order valence-corrected chi connectivity index (χ1v) is 5.47. The van der Waals surface area contributed by atoms with Crippen LogP contribution in [0.4, 0.5) is 5.69 Å². The van der Waals surface area contributed by atoms with E-state index in [-0.39, 0.29) is 18.3 Å². The number of benzene rings is 1. The molecule has 2 rings (SSSR count). The number of hydrogen-bond donors (Lipinski definition) is 1. The third-order valence-corrected chi connectivity index (χ3v) is 2.70. The fraction of sp³-hybridized carbons (Fsp3) is 0.417. The molecular formula is C12H17ClN2O2. The van der Waals surface area contributed by atoms with Gasteiger partial charge in [0.05, 0.1) is 12.8 Å². The van der Waals surface area contributed by atoms with Crippen LogP contribution < -0.4 is 15.0 Å². The van der Waals surface area contributed by atoms with Crippen LogP contribution in [-0.4, -0.2) is 32.7 Å². The maximum atomic E-state index is 11.9. The zero-order valence-electron chi connectivity index (χ0n) is 9.81. The minimum absolute atomic E-state index is 0. The van der Waals surface area contributed by atoms with Crippen LogP contribution >= 0.6 is 12.4 Å². The predicted octanol–water partition coefficient (Wildman–Crippen LogP) is 1.44. The first-order valence-electron chi connectivity index (χ1n) is 5.47. The molecule has 0 saturated carbocycles. The minimum atomic E-state index is 0. The third-order valence-electron chi connectivity index (χ3n) is 2.70. The van der Waals surface area contributed by atoms with Crippen molar-refractivity contribution in [2.75, 3.05) is 31.6 Å². The minimum Gasteiger partial charge on any atom is -0.495 e. The van der Waals surface area contributed by atoms with Crippen LogP contribution in [0.15, 0.2) is 24.3 Å². The second-order valence-electron chi connectivity index (χ2n) is 3.72. The Morgan fingerprint density at radius 1 is 1.29 bits per heavy atom. The summed E-state index contributed by atoms with van der Waals surface area (Å²) in [6.45, 7) is 2.27. The van der Waals surface area contributed by atoms with Gasteiger partial charge in [-0.05, 0) is 12.1 Å². The summed E-state index contributed by atoms with van der Waals surface area (Å²) in [6.07, 6.45) is 0.540. The highest BCUT2D eigenvalue weighted by Crippen LogP contribution is 2.28. The smallest absolute Gasteiger partial charge is 0.228 e. The Hall–Kier alpha value is -1.26. The summed E-state index contributed by atoms with van der Waals surface area (Å²) in [5.41, 5.74) is 0.860. The summed E-state index contributed by atoms with van der Waals surface area (Å²) in [5, 5.41) is 3.21. The molecule has 0 bridgehead atoms. The van der Waals surface area contributed by atoms with Crippen LogP contribution in [0.3, 0.4) is 0 Å². The number of para-hydroxylation sites is 2. The molecule has 1 N–H and O–H groups in total. The Morgan fingerprint density at radius 3 is 2.82 bits per heavy atom. The zero-order valence-corrected chi connectivity index (χ0v) is 10.6. The van der Waals surface area contributed by atoms with Gasteiger partial charge in [0.25, 0.3) is 0 Å². The van der Waals surface area contributed by atoms with Gasteiger partial charge in [-0.15, -0.1) is 12.4 Å². The molecule has 1 fully saturated rings. The summed E-state index contributed by atoms with van der Waals surface area (Å²) < 4.78 is 5.27. The molecule has 0 spiro atoms. The van der Waals surface area contributed by atoms with Crippen molar-refractivity contribution < 1.29 is 9.53 Å². The van der Waals surface area contributed by atoms with Crippen LogP contribution in [0.5, 0.6) is 5.75 Å². The van der Waals surface area contributed by atoms with Gasteiger partial charge < -0.3 is 15.0 Å². The van der Waals surface area contributed by atoms with Gasteiger partial charge in [0, 0.05) is 26.1 Å². The monoisotopic (exact) mass is 256 g/mol. The van der Waals surface area contributed by atoms with E-state index in [1.54, 1.807) is 12.0 Å². The van der Waals surface area contributed by atoms with Gasteiger partial charge in [-0.2, -0.15) is 0 Å². The standard InChI is InChI=1S/C12H16N2O2.ClH/c1-16-11-5-3-2-4-10(11)14-9-8-13-7-6-12(14)15;/h2-5,13H,6-9H2,1H3;1H. The van der Waals surface area contributed by atoms with E-state index in [2.05, 4.69) is 5.32 Å². The van der Waals surface area contributed by atoms with Gasteiger partial charge in [0.2, 0.25) is 5.91 Å². The molecule has 0 radical (unpaired) electrons. The molecule has 94 valence electrons. The lowest BCUT2D eigenvalue weighted by molar-refractivity contribution is -0.118. The topological polar surface area (TPSA) is 41.6 Å². The van der Waals surface area contributed by atoms with E-state index in [0.717, 1.165) is 24.5 Å². The summed E-state index contributed by atoms with van der Waals surface area (Å²) in [7, 11) is 1.62. The Bertz CT molecular complexity index is 385. The molecule has 0 aromatic heterocycles. The average molecular weight is 257 g/mol. The molecule has 0 aliphatic carbocycles. The number of hydrogen-bond acceptors (Lipinski definition) is 3. The second-order valence-corrected chi connectivity index (χ2v) is 3.72. The number of carbonyl (C=O) groups excluding carboxylic acids is 1. The van der Waals surface area contributed by atoms with Crippen molar-refractivity contribution in [2.24, 2.45) is 0 Å². The molecule has 4 nitrogen and oxygen atoms in total. The Kier molecular flexibility index (Phi) is 5.25. The van der Waals surface area contributed by atoms with Crippen molar-refractivity contribution in [3.8, 4) is 5.75 Å². The lowest BCUT2D eigenvalue weighted by Gasteiger charge is -2.22. The molecule has 1 saturated heterocycles. The van der Waals surface area contributed by atoms with E-state index >= 15 is 0 Å². The molecule has 1 heterocycles. The average Bonchev–Trinajstić information content (AvgIpc) is 2.54. The molecule has 1 amide bonds. The van der Waals surface area contributed by atoms with E-state index in [1.165, 1.54) is 0 Å². The molecule has 5 heteroatoms. The van der Waals surface area contributed by atoms with Crippen LogP contribution in [0.25, 0.3) is 0 Å². The van der Waals surface area contributed by atoms with Crippen molar-refractivity contribution in [2.45, 2.75) is 6.42 Å². The lowest BCUT2D eigenvalue weighted by atomic mass is 10.2. The normalized spacial score (nSPS) is 16.1. The highest BCUT2D eigenvalue weighted by molar-refractivity contribution is 5.95. The molecule has 1 aliphatic rings. The molecule has 1 aromatic carbocycles. The Labute approximate surface area is 107 Å². The molecule has 0 atom stereocenters. The number of nitrogens with zero attached hydrogens (tertiary/aromatic N) is 1. The van der Waals surface area contributed by atoms with Gasteiger partial charge in [0.1, 0.15) is 5.75 Å². The lowest BCUT2D eigenvalue weighted by Crippen LogP contribution is -2.32. The Balaban J connectivity index is 0.00000144. The van der Waals surface area contributed by atoms with Crippen molar-refractivity contribution in [3.05, 3.63) is 24.3 Å². The van der Waals surface area contributed by atoms with Crippen LogP contribution in [-0.2, 0) is 4.79 Å². The SMILES string of the molecule is COc1ccccc1N1CCNCCC1=O.Cl. The fourth-order valence-corrected chi connectivity index (χ4v) is 1.88. The quantitative estimate of drug-likeness (QED) is 0.871. The number of amides is 1. The largest absolute Gasteiger partial charge is 0.495 e. The maximum Gasteiger partial charge on any atom is 0.228 e. The van der Waals surface area contributed by atoms with Crippen molar-refractivity contribution in [3.63, 3.8) is 0 Å². The first-order chi connectivity index (χ1) is 7.83. The molecular weight excluding hydrogens is 240 g/mol. The van der Waals surface area contributed by atoms with Gasteiger partial charge in [0.15, 0.2) is 0 Å². The van der Waals surface area contributed by atoms with E-state index in [9.17, 15) is 4.79 Å². The predicted molar refractivity (Wildman–Crippen MR) is 70.1 cm³/mol. The first kappa shape index (κ1) is 13.8. The van der Waals surface area contributed by atoms with E-state index in [1.807, 2.05) is 24.3 Å². The number of anilines is 1. The zero-order chi connectivity index (χ0) is 11.4. The fourth-order valence-electron chi connectivity index (χ4n) is 1.88. The van der Waals surface area contributed by atoms with E-state index in [4.69, 9.17) is 4.74 Å². The summed E-state index contributed by atoms with van der Waals surface area (Å²) in [5.74, 6) is 0.896. The van der Waals surface area contributed by atoms with Crippen molar-refractivity contribution >= 4 is 24.0 Å². The second kappa shape index (κ2) is 6.47. The molecule has 0 unspecified atom stereocenters. The van der Waals surface area contributed by atoms with Crippen molar-refractivity contribution in [1.82, 2.24) is 5.32 Å². The van der Waals surface area contributed by atoms with Crippen LogP contribution in [0, 0.1) is 0 Å².